The highest BCUT2D eigenvalue weighted by Crippen LogP contribution is 2.19. The number of primary sulfonamides is 1. The molecule has 1 aromatic heterocycles. The Morgan fingerprint density at radius 1 is 1.29 bits per heavy atom. The van der Waals surface area contributed by atoms with Crippen molar-refractivity contribution in [1.29, 1.82) is 0 Å². The Morgan fingerprint density at radius 2 is 2.06 bits per heavy atom. The highest BCUT2D eigenvalue weighted by atomic mass is 32.2. The molecule has 6 nitrogen and oxygen atoms in total. The number of nitrogens with one attached hydrogen (secondary N) is 1. The lowest BCUT2D eigenvalue weighted by atomic mass is 10.3. The molecule has 0 fully saturated rings. The molecule has 17 heavy (non-hydrogen) atoms. The van der Waals surface area contributed by atoms with Gasteiger partial charge in [-0.05, 0) is 12.1 Å². The molecule has 0 spiro atoms. The second kappa shape index (κ2) is 4.56. The number of para-hydroxylation sites is 1. The first kappa shape index (κ1) is 11.6. The summed E-state index contributed by atoms with van der Waals surface area (Å²) in [6, 6.07) is 8.10. The highest BCUT2D eigenvalue weighted by molar-refractivity contribution is 7.89. The maximum absolute atomic E-state index is 11.3. The predicted octanol–water partition coefficient (Wildman–Crippen LogP) is 0.934. The molecule has 0 unspecified atom stereocenters. The lowest BCUT2D eigenvalue weighted by molar-refractivity contribution is 0.412. The molecule has 0 saturated carbocycles. The van der Waals surface area contributed by atoms with E-state index >= 15 is 0 Å². The molecule has 90 valence electrons. The van der Waals surface area contributed by atoms with Crippen molar-refractivity contribution in [1.82, 2.24) is 5.16 Å². The molecule has 0 radical (unpaired) electrons. The number of nitrogens with zero attached hydrogens (tertiary/aromatic N) is 1. The van der Waals surface area contributed by atoms with Gasteiger partial charge in [-0.3, -0.25) is 0 Å². The van der Waals surface area contributed by atoms with Crippen LogP contribution in [-0.4, -0.2) is 13.6 Å². The average molecular weight is 253 g/mol. The number of sulfonamides is 1. The molecule has 1 aromatic carbocycles. The van der Waals surface area contributed by atoms with Gasteiger partial charge in [0, 0.05) is 6.07 Å². The molecule has 0 saturated heterocycles. The third-order valence-corrected chi connectivity index (χ3v) is 3.11. The Hall–Kier alpha value is -1.86. The maximum Gasteiger partial charge on any atom is 0.240 e. The Kier molecular flexibility index (Phi) is 3.12. The molecule has 0 amide bonds. The van der Waals surface area contributed by atoms with E-state index in [1.807, 2.05) is 0 Å². The molecule has 0 aliphatic heterocycles. The summed E-state index contributed by atoms with van der Waals surface area (Å²) in [5, 5.41) is 11.8. The van der Waals surface area contributed by atoms with Gasteiger partial charge in [-0.2, -0.15) is 0 Å². The van der Waals surface area contributed by atoms with Crippen LogP contribution in [0, 0.1) is 0 Å². The van der Waals surface area contributed by atoms with E-state index in [1.165, 1.54) is 12.3 Å². The number of hydrogen-bond acceptors (Lipinski definition) is 5. The van der Waals surface area contributed by atoms with Crippen LogP contribution in [0.3, 0.4) is 0 Å². The van der Waals surface area contributed by atoms with Crippen LogP contribution in [0.1, 0.15) is 5.69 Å². The number of benzene rings is 1. The number of rotatable bonds is 4. The number of hydrogen-bond donors (Lipinski definition) is 2. The summed E-state index contributed by atoms with van der Waals surface area (Å²) in [5.41, 5.74) is 1.12. The fraction of sp³-hybridized carbons (Fsp3) is 0.100. The van der Waals surface area contributed by atoms with Crippen LogP contribution in [0.2, 0.25) is 0 Å². The second-order valence-electron chi connectivity index (χ2n) is 3.39. The Balaban J connectivity index is 2.22. The van der Waals surface area contributed by atoms with Crippen molar-refractivity contribution in [3.63, 3.8) is 0 Å². The van der Waals surface area contributed by atoms with Crippen LogP contribution in [0.4, 0.5) is 5.69 Å². The van der Waals surface area contributed by atoms with E-state index in [-0.39, 0.29) is 4.90 Å². The molecular weight excluding hydrogens is 242 g/mol. The maximum atomic E-state index is 11.3. The summed E-state index contributed by atoms with van der Waals surface area (Å²) < 4.78 is 27.3. The van der Waals surface area contributed by atoms with Gasteiger partial charge >= 0.3 is 0 Å². The summed E-state index contributed by atoms with van der Waals surface area (Å²) in [6.45, 7) is 0.364. The van der Waals surface area contributed by atoms with Crippen LogP contribution in [0.25, 0.3) is 0 Å². The van der Waals surface area contributed by atoms with Crippen LogP contribution in [0.15, 0.2) is 46.0 Å². The second-order valence-corrected chi connectivity index (χ2v) is 4.92. The lowest BCUT2D eigenvalue weighted by Crippen LogP contribution is -2.15. The Labute approximate surface area is 98.5 Å². The number of anilines is 1. The first-order chi connectivity index (χ1) is 8.07. The van der Waals surface area contributed by atoms with Gasteiger partial charge in [0.2, 0.25) is 10.0 Å². The van der Waals surface area contributed by atoms with Crippen molar-refractivity contribution in [2.24, 2.45) is 5.14 Å². The molecule has 3 N–H and O–H groups in total. The van der Waals surface area contributed by atoms with Gasteiger partial charge < -0.3 is 9.84 Å². The van der Waals surface area contributed by atoms with Gasteiger partial charge in [0.15, 0.2) is 0 Å². The largest absolute Gasteiger partial charge is 0.378 e. The van der Waals surface area contributed by atoms with Crippen molar-refractivity contribution in [3.05, 3.63) is 42.3 Å². The summed E-state index contributed by atoms with van der Waals surface area (Å²) >= 11 is 0. The first-order valence-electron chi connectivity index (χ1n) is 4.82. The van der Waals surface area contributed by atoms with E-state index in [2.05, 4.69) is 15.0 Å². The molecule has 7 heteroatoms. The molecule has 0 aliphatic carbocycles. The predicted molar refractivity (Wildman–Crippen MR) is 61.6 cm³/mol. The van der Waals surface area contributed by atoms with Gasteiger partial charge in [0.1, 0.15) is 16.9 Å². The van der Waals surface area contributed by atoms with E-state index in [0.29, 0.717) is 17.9 Å². The van der Waals surface area contributed by atoms with Gasteiger partial charge in [-0.15, -0.1) is 0 Å². The normalized spacial score (nSPS) is 11.4. The van der Waals surface area contributed by atoms with E-state index in [4.69, 9.17) is 5.14 Å². The zero-order valence-corrected chi connectivity index (χ0v) is 9.65. The van der Waals surface area contributed by atoms with Gasteiger partial charge in [-0.25, -0.2) is 13.6 Å². The van der Waals surface area contributed by atoms with Crippen LogP contribution in [0.5, 0.6) is 0 Å². The minimum absolute atomic E-state index is 0.0588. The summed E-state index contributed by atoms with van der Waals surface area (Å²) in [4.78, 5) is 0.0588. The zero-order valence-electron chi connectivity index (χ0n) is 8.83. The number of nitrogens with two attached hydrogens (primary N) is 1. The molecule has 2 rings (SSSR count). The van der Waals surface area contributed by atoms with Gasteiger partial charge in [0.05, 0.1) is 12.2 Å². The molecular formula is C10H11N3O3S. The van der Waals surface area contributed by atoms with Crippen molar-refractivity contribution in [2.75, 3.05) is 5.32 Å². The highest BCUT2D eigenvalue weighted by Gasteiger charge is 2.12. The van der Waals surface area contributed by atoms with E-state index in [9.17, 15) is 8.42 Å². The van der Waals surface area contributed by atoms with E-state index in [0.717, 1.165) is 0 Å². The molecule has 0 aliphatic rings. The fourth-order valence-corrected chi connectivity index (χ4v) is 2.09. The third kappa shape index (κ3) is 2.83. The first-order valence-corrected chi connectivity index (χ1v) is 6.37. The van der Waals surface area contributed by atoms with E-state index < -0.39 is 10.0 Å². The van der Waals surface area contributed by atoms with Crippen molar-refractivity contribution >= 4 is 15.7 Å². The SMILES string of the molecule is NS(=O)(=O)c1ccccc1NCc1ccon1. The minimum atomic E-state index is -3.73. The smallest absolute Gasteiger partial charge is 0.240 e. The van der Waals surface area contributed by atoms with Gasteiger partial charge in [0.25, 0.3) is 0 Å². The van der Waals surface area contributed by atoms with Crippen molar-refractivity contribution in [3.8, 4) is 0 Å². The standard InChI is InChI=1S/C10H11N3O3S/c11-17(14,15)10-4-2-1-3-9(10)12-7-8-5-6-16-13-8/h1-6,12H,7H2,(H2,11,14,15). The van der Waals surface area contributed by atoms with Crippen LogP contribution in [-0.2, 0) is 16.6 Å². The van der Waals surface area contributed by atoms with Crippen LogP contribution < -0.4 is 10.5 Å². The fourth-order valence-electron chi connectivity index (χ4n) is 1.38. The monoisotopic (exact) mass is 253 g/mol. The third-order valence-electron chi connectivity index (χ3n) is 2.14. The summed E-state index contributed by atoms with van der Waals surface area (Å²) in [7, 11) is -3.73. The Bertz CT molecular complexity index is 593. The number of aromatic nitrogens is 1. The van der Waals surface area contributed by atoms with Crippen molar-refractivity contribution in [2.45, 2.75) is 11.4 Å². The Morgan fingerprint density at radius 3 is 2.71 bits per heavy atom. The lowest BCUT2D eigenvalue weighted by Gasteiger charge is -2.08. The molecule has 0 atom stereocenters. The topological polar surface area (TPSA) is 98.2 Å². The van der Waals surface area contributed by atoms with Crippen molar-refractivity contribution < 1.29 is 12.9 Å². The minimum Gasteiger partial charge on any atom is -0.378 e. The van der Waals surface area contributed by atoms with Gasteiger partial charge in [-0.1, -0.05) is 17.3 Å². The quantitative estimate of drug-likeness (QED) is 0.844. The summed E-state index contributed by atoms with van der Waals surface area (Å²) in [6.07, 6.45) is 1.45. The zero-order chi connectivity index (χ0) is 12.3. The molecule has 2 aromatic rings. The molecule has 1 heterocycles. The molecule has 0 bridgehead atoms. The van der Waals surface area contributed by atoms with Crippen LogP contribution >= 0.6 is 0 Å². The average Bonchev–Trinajstić information content (AvgIpc) is 2.78. The van der Waals surface area contributed by atoms with E-state index in [1.54, 1.807) is 24.3 Å². The summed E-state index contributed by atoms with van der Waals surface area (Å²) in [5.74, 6) is 0.